The van der Waals surface area contributed by atoms with Gasteiger partial charge in [0.15, 0.2) is 0 Å². The Kier molecular flexibility index (Phi) is 3.90. The molecule has 0 radical (unpaired) electrons. The minimum Gasteiger partial charge on any atom is -0.396 e. The van der Waals surface area contributed by atoms with Gasteiger partial charge in [0, 0.05) is 24.4 Å². The first-order valence-electron chi connectivity index (χ1n) is 9.16. The number of carbonyl (C=O) groups is 1. The minimum atomic E-state index is -1.41. The van der Waals surface area contributed by atoms with E-state index >= 15 is 4.39 Å². The van der Waals surface area contributed by atoms with Gasteiger partial charge in [0.1, 0.15) is 5.67 Å². The third-order valence-corrected chi connectivity index (χ3v) is 6.64. The smallest absolute Gasteiger partial charge is 0.227 e. The van der Waals surface area contributed by atoms with Gasteiger partial charge in [0.05, 0.1) is 25.1 Å². The van der Waals surface area contributed by atoms with Crippen molar-refractivity contribution in [2.24, 2.45) is 11.3 Å². The highest BCUT2D eigenvalue weighted by Gasteiger charge is 2.62. The van der Waals surface area contributed by atoms with Crippen LogP contribution in [0, 0.1) is 11.3 Å². The van der Waals surface area contributed by atoms with Gasteiger partial charge < -0.3 is 10.0 Å². The van der Waals surface area contributed by atoms with Gasteiger partial charge in [-0.15, -0.1) is 0 Å². The van der Waals surface area contributed by atoms with Crippen molar-refractivity contribution in [1.82, 2.24) is 14.7 Å². The van der Waals surface area contributed by atoms with Gasteiger partial charge in [-0.25, -0.2) is 4.39 Å². The number of alkyl halides is 1. The molecule has 4 atom stereocenters. The van der Waals surface area contributed by atoms with Crippen molar-refractivity contribution in [3.8, 4) is 0 Å². The van der Waals surface area contributed by atoms with Crippen molar-refractivity contribution in [1.29, 1.82) is 0 Å². The quantitative estimate of drug-likeness (QED) is 0.922. The molecule has 2 saturated carbocycles. The summed E-state index contributed by atoms with van der Waals surface area (Å²) in [5.74, 6) is -0.0775. The number of aliphatic hydroxyl groups excluding tert-OH is 1. The van der Waals surface area contributed by atoms with E-state index in [-0.39, 0.29) is 31.0 Å². The first-order chi connectivity index (χ1) is 11.6. The Balaban J connectivity index is 1.55. The second-order valence-electron chi connectivity index (χ2n) is 7.90. The van der Waals surface area contributed by atoms with Crippen molar-refractivity contribution in [2.45, 2.75) is 56.7 Å². The maximum atomic E-state index is 15.3. The zero-order valence-electron chi connectivity index (χ0n) is 14.0. The van der Waals surface area contributed by atoms with E-state index in [0.717, 1.165) is 32.1 Å². The van der Waals surface area contributed by atoms with Crippen LogP contribution in [-0.4, -0.2) is 51.1 Å². The fourth-order valence-corrected chi connectivity index (χ4v) is 5.24. The summed E-state index contributed by atoms with van der Waals surface area (Å²) in [6.45, 7) is 0.344. The summed E-state index contributed by atoms with van der Waals surface area (Å²) in [6, 6.07) is 1.95. The number of likely N-dealkylation sites (tertiary alicyclic amines) is 1. The third kappa shape index (κ3) is 2.30. The lowest BCUT2D eigenvalue weighted by Gasteiger charge is -2.34. The van der Waals surface area contributed by atoms with Crippen molar-refractivity contribution in [2.75, 3.05) is 19.7 Å². The topological polar surface area (TPSA) is 58.4 Å². The number of aliphatic hydroxyl groups is 1. The molecule has 0 spiro atoms. The summed E-state index contributed by atoms with van der Waals surface area (Å²) in [7, 11) is 0. The first kappa shape index (κ1) is 16.1. The molecule has 1 aromatic rings. The second kappa shape index (κ2) is 5.83. The normalized spacial score (nSPS) is 39.2. The summed E-state index contributed by atoms with van der Waals surface area (Å²) >= 11 is 0. The highest BCUT2D eigenvalue weighted by atomic mass is 19.1. The molecule has 1 aromatic heterocycles. The van der Waals surface area contributed by atoms with Crippen LogP contribution in [0.2, 0.25) is 0 Å². The number of amides is 1. The number of fused-ring (bicyclic) bond motifs is 1. The molecule has 4 rings (SSSR count). The van der Waals surface area contributed by atoms with E-state index in [1.54, 1.807) is 11.1 Å². The fraction of sp³-hybridized carbons (Fsp3) is 0.778. The molecule has 3 fully saturated rings. The molecular weight excluding hydrogens is 309 g/mol. The van der Waals surface area contributed by atoms with E-state index < -0.39 is 11.1 Å². The number of aromatic nitrogens is 2. The van der Waals surface area contributed by atoms with Crippen LogP contribution >= 0.6 is 0 Å². The second-order valence-corrected chi connectivity index (χ2v) is 7.90. The number of rotatable bonds is 3. The van der Waals surface area contributed by atoms with Crippen LogP contribution in [0.25, 0.3) is 0 Å². The molecule has 0 bridgehead atoms. The Bertz CT molecular complexity index is 607. The minimum absolute atomic E-state index is 0.0504. The van der Waals surface area contributed by atoms with E-state index in [0.29, 0.717) is 19.4 Å². The summed E-state index contributed by atoms with van der Waals surface area (Å²) in [6.07, 6.45) is 9.52. The van der Waals surface area contributed by atoms with Crippen molar-refractivity contribution in [3.63, 3.8) is 0 Å². The molecule has 0 aromatic carbocycles. The third-order valence-electron chi connectivity index (χ3n) is 6.64. The molecule has 6 heteroatoms. The summed E-state index contributed by atoms with van der Waals surface area (Å²) in [5, 5.41) is 14.1. The number of nitrogens with zero attached hydrogens (tertiary/aromatic N) is 3. The SMILES string of the molecule is O=C(C1CCCCC1n1cccn1)N1C[C@]2(F)CCC[C@]2(CO)C1. The highest BCUT2D eigenvalue weighted by molar-refractivity contribution is 5.80. The van der Waals surface area contributed by atoms with Crippen LogP contribution < -0.4 is 0 Å². The van der Waals surface area contributed by atoms with Crippen LogP contribution in [-0.2, 0) is 4.79 Å². The van der Waals surface area contributed by atoms with Crippen molar-refractivity contribution >= 4 is 5.91 Å². The molecule has 1 saturated heterocycles. The van der Waals surface area contributed by atoms with Gasteiger partial charge in [-0.1, -0.05) is 12.8 Å². The molecule has 2 aliphatic carbocycles. The molecule has 1 N–H and O–H groups in total. The Labute approximate surface area is 141 Å². The molecule has 1 amide bonds. The summed E-state index contributed by atoms with van der Waals surface area (Å²) < 4.78 is 17.2. The van der Waals surface area contributed by atoms with Crippen molar-refractivity contribution < 1.29 is 14.3 Å². The number of hydrogen-bond acceptors (Lipinski definition) is 3. The molecule has 24 heavy (non-hydrogen) atoms. The number of halogens is 1. The van der Waals surface area contributed by atoms with Crippen LogP contribution in [0.1, 0.15) is 51.0 Å². The first-order valence-corrected chi connectivity index (χ1v) is 9.16. The molecular formula is C18H26FN3O2. The maximum Gasteiger partial charge on any atom is 0.227 e. The fourth-order valence-electron chi connectivity index (χ4n) is 5.24. The van der Waals surface area contributed by atoms with Crippen LogP contribution in [0.4, 0.5) is 4.39 Å². The molecule has 3 aliphatic rings. The van der Waals surface area contributed by atoms with E-state index in [4.69, 9.17) is 0 Å². The van der Waals surface area contributed by atoms with Crippen LogP contribution in [0.3, 0.4) is 0 Å². The lowest BCUT2D eigenvalue weighted by atomic mass is 9.79. The van der Waals surface area contributed by atoms with Gasteiger partial charge in [-0.2, -0.15) is 5.10 Å². The van der Waals surface area contributed by atoms with E-state index in [1.807, 2.05) is 16.9 Å². The summed E-state index contributed by atoms with van der Waals surface area (Å²) in [5.41, 5.74) is -2.15. The largest absolute Gasteiger partial charge is 0.396 e. The summed E-state index contributed by atoms with van der Waals surface area (Å²) in [4.78, 5) is 14.9. The Hall–Kier alpha value is -1.43. The zero-order valence-corrected chi connectivity index (χ0v) is 14.0. The lowest BCUT2D eigenvalue weighted by Crippen LogP contribution is -2.41. The van der Waals surface area contributed by atoms with E-state index in [1.165, 1.54) is 0 Å². The van der Waals surface area contributed by atoms with Crippen LogP contribution in [0.5, 0.6) is 0 Å². The molecule has 5 nitrogen and oxygen atoms in total. The molecule has 2 unspecified atom stereocenters. The average molecular weight is 335 g/mol. The van der Waals surface area contributed by atoms with Gasteiger partial charge >= 0.3 is 0 Å². The maximum absolute atomic E-state index is 15.3. The molecule has 1 aliphatic heterocycles. The number of hydrogen-bond donors (Lipinski definition) is 1. The Morgan fingerprint density at radius 3 is 2.79 bits per heavy atom. The molecule has 2 heterocycles. The van der Waals surface area contributed by atoms with Gasteiger partial charge in [0.2, 0.25) is 5.91 Å². The number of carbonyl (C=O) groups excluding carboxylic acids is 1. The predicted octanol–water partition coefficient (Wildman–Crippen LogP) is 2.33. The van der Waals surface area contributed by atoms with Gasteiger partial charge in [0.25, 0.3) is 0 Å². The zero-order chi connectivity index (χ0) is 16.8. The highest BCUT2D eigenvalue weighted by Crippen LogP contribution is 2.54. The Morgan fingerprint density at radius 1 is 1.25 bits per heavy atom. The molecule has 132 valence electrons. The van der Waals surface area contributed by atoms with E-state index in [9.17, 15) is 9.90 Å². The van der Waals surface area contributed by atoms with Crippen molar-refractivity contribution in [3.05, 3.63) is 18.5 Å². The van der Waals surface area contributed by atoms with E-state index in [2.05, 4.69) is 5.10 Å². The standard InChI is InChI=1S/C18H26FN3O2/c19-18-8-3-7-17(18,13-23)11-21(12-18)16(24)14-5-1-2-6-15(14)22-10-4-9-20-22/h4,9-10,14-15,23H,1-3,5-8,11-13H2/t14?,15?,17-,18-/m1/s1. The Morgan fingerprint density at radius 2 is 2.08 bits per heavy atom. The predicted molar refractivity (Wildman–Crippen MR) is 87.0 cm³/mol. The van der Waals surface area contributed by atoms with Gasteiger partial charge in [-0.05, 0) is 38.2 Å². The average Bonchev–Trinajstić information content (AvgIpc) is 3.27. The van der Waals surface area contributed by atoms with Crippen LogP contribution in [0.15, 0.2) is 18.5 Å². The van der Waals surface area contributed by atoms with Gasteiger partial charge in [-0.3, -0.25) is 9.48 Å². The monoisotopic (exact) mass is 335 g/mol. The lowest BCUT2D eigenvalue weighted by molar-refractivity contribution is -0.138.